The number of rotatable bonds is 2. The Hall–Kier alpha value is -1.43. The molecule has 1 N–H and O–H groups in total. The maximum Gasteiger partial charge on any atom is 0.234 e. The number of nitrogens with one attached hydrogen (secondary N) is 1. The number of hydrogen-bond donors (Lipinski definition) is 1. The fraction of sp³-hybridized carbons (Fsp3) is 0.529. The fourth-order valence-corrected chi connectivity index (χ4v) is 3.63. The van der Waals surface area contributed by atoms with Gasteiger partial charge in [-0.25, -0.2) is 0 Å². The molecule has 0 spiro atoms. The normalized spacial score (nSPS) is 24.7. The van der Waals surface area contributed by atoms with E-state index in [0.717, 1.165) is 44.2 Å². The van der Waals surface area contributed by atoms with Crippen LogP contribution in [0.15, 0.2) is 28.8 Å². The summed E-state index contributed by atoms with van der Waals surface area (Å²) in [6.07, 6.45) is 3.44. The molecule has 1 aliphatic carbocycles. The molecule has 4 rings (SSSR count). The third-order valence-corrected chi connectivity index (χ3v) is 4.93. The van der Waals surface area contributed by atoms with Gasteiger partial charge in [0.15, 0.2) is 5.82 Å². The van der Waals surface area contributed by atoms with Gasteiger partial charge in [-0.2, -0.15) is 4.98 Å². The molecule has 2 atom stereocenters. The van der Waals surface area contributed by atoms with E-state index in [4.69, 9.17) is 9.51 Å². The van der Waals surface area contributed by atoms with Crippen LogP contribution in [0.25, 0.3) is 0 Å². The second-order valence-electron chi connectivity index (χ2n) is 6.33. The SMILES string of the molecule is CN1CCNCC1c1noc(C2CCCc3ccccc32)n1.Cl. The molecule has 1 aliphatic heterocycles. The quantitative estimate of drug-likeness (QED) is 0.914. The van der Waals surface area contributed by atoms with E-state index in [9.17, 15) is 0 Å². The largest absolute Gasteiger partial charge is 0.339 e. The Labute approximate surface area is 142 Å². The van der Waals surface area contributed by atoms with Crippen LogP contribution in [0.3, 0.4) is 0 Å². The van der Waals surface area contributed by atoms with Gasteiger partial charge in [-0.15, -0.1) is 12.4 Å². The minimum absolute atomic E-state index is 0. The van der Waals surface area contributed by atoms with E-state index in [1.165, 1.54) is 17.5 Å². The average molecular weight is 335 g/mol. The molecule has 6 heteroatoms. The maximum absolute atomic E-state index is 5.65. The second-order valence-corrected chi connectivity index (χ2v) is 6.33. The first-order valence-electron chi connectivity index (χ1n) is 8.15. The van der Waals surface area contributed by atoms with E-state index in [-0.39, 0.29) is 24.4 Å². The molecular weight excluding hydrogens is 312 g/mol. The molecule has 2 unspecified atom stereocenters. The van der Waals surface area contributed by atoms with Crippen LogP contribution in [-0.4, -0.2) is 41.7 Å². The number of halogens is 1. The van der Waals surface area contributed by atoms with Crippen molar-refractivity contribution in [2.45, 2.75) is 31.2 Å². The third-order valence-electron chi connectivity index (χ3n) is 4.93. The van der Waals surface area contributed by atoms with Crippen LogP contribution >= 0.6 is 12.4 Å². The molecule has 1 aromatic heterocycles. The first kappa shape index (κ1) is 16.4. The van der Waals surface area contributed by atoms with Crippen LogP contribution in [0.4, 0.5) is 0 Å². The Balaban J connectivity index is 0.00000156. The van der Waals surface area contributed by atoms with Gasteiger partial charge in [0.2, 0.25) is 5.89 Å². The summed E-state index contributed by atoms with van der Waals surface area (Å²) in [4.78, 5) is 7.04. The Kier molecular flexibility index (Phi) is 4.99. The predicted molar refractivity (Wildman–Crippen MR) is 91.0 cm³/mol. The van der Waals surface area contributed by atoms with E-state index in [0.29, 0.717) is 0 Å². The number of benzene rings is 1. The Morgan fingerprint density at radius 2 is 2.17 bits per heavy atom. The average Bonchev–Trinajstić information content (AvgIpc) is 3.04. The van der Waals surface area contributed by atoms with Gasteiger partial charge >= 0.3 is 0 Å². The summed E-state index contributed by atoms with van der Waals surface area (Å²) in [7, 11) is 2.12. The summed E-state index contributed by atoms with van der Waals surface area (Å²) in [5, 5.41) is 7.68. The molecule has 1 aromatic carbocycles. The van der Waals surface area contributed by atoms with Crippen molar-refractivity contribution in [2.75, 3.05) is 26.7 Å². The number of aromatic nitrogens is 2. The van der Waals surface area contributed by atoms with Crippen LogP contribution in [0.2, 0.25) is 0 Å². The molecular formula is C17H23ClN4O. The molecule has 2 aromatic rings. The summed E-state index contributed by atoms with van der Waals surface area (Å²) in [6.45, 7) is 2.92. The van der Waals surface area contributed by atoms with Crippen molar-refractivity contribution in [1.29, 1.82) is 0 Å². The van der Waals surface area contributed by atoms with Gasteiger partial charge in [0, 0.05) is 19.6 Å². The van der Waals surface area contributed by atoms with Crippen molar-refractivity contribution >= 4 is 12.4 Å². The number of aryl methyl sites for hydroxylation is 1. The molecule has 2 heterocycles. The number of likely N-dealkylation sites (N-methyl/N-ethyl adjacent to an activating group) is 1. The standard InChI is InChI=1S/C17H22N4O.ClH/c1-21-10-9-18-11-15(21)16-19-17(22-20-16)14-8-4-6-12-5-2-3-7-13(12)14;/h2-3,5,7,14-15,18H,4,6,8-11H2,1H3;1H. The Morgan fingerprint density at radius 1 is 1.30 bits per heavy atom. The monoisotopic (exact) mass is 334 g/mol. The van der Waals surface area contributed by atoms with Crippen LogP contribution in [-0.2, 0) is 6.42 Å². The number of nitrogens with zero attached hydrogens (tertiary/aromatic N) is 3. The summed E-state index contributed by atoms with van der Waals surface area (Å²) in [5.41, 5.74) is 2.79. The highest BCUT2D eigenvalue weighted by atomic mass is 35.5. The van der Waals surface area contributed by atoms with Crippen LogP contribution < -0.4 is 5.32 Å². The van der Waals surface area contributed by atoms with Gasteiger partial charge in [-0.3, -0.25) is 4.90 Å². The van der Waals surface area contributed by atoms with E-state index < -0.39 is 0 Å². The molecule has 2 aliphatic rings. The predicted octanol–water partition coefficient (Wildman–Crippen LogP) is 2.54. The van der Waals surface area contributed by atoms with E-state index in [1.807, 2.05) is 0 Å². The van der Waals surface area contributed by atoms with Gasteiger partial charge in [-0.05, 0) is 37.4 Å². The molecule has 0 saturated carbocycles. The highest BCUT2D eigenvalue weighted by Gasteiger charge is 2.30. The molecule has 124 valence electrons. The smallest absolute Gasteiger partial charge is 0.234 e. The van der Waals surface area contributed by atoms with Crippen molar-refractivity contribution in [3.63, 3.8) is 0 Å². The Bertz CT molecular complexity index is 660. The minimum Gasteiger partial charge on any atom is -0.339 e. The van der Waals surface area contributed by atoms with Crippen molar-refractivity contribution < 1.29 is 4.52 Å². The van der Waals surface area contributed by atoms with Crippen LogP contribution in [0, 0.1) is 0 Å². The molecule has 0 radical (unpaired) electrons. The van der Waals surface area contributed by atoms with E-state index in [1.54, 1.807) is 0 Å². The lowest BCUT2D eigenvalue weighted by atomic mass is 9.83. The van der Waals surface area contributed by atoms with Gasteiger partial charge in [0.25, 0.3) is 0 Å². The van der Waals surface area contributed by atoms with Crippen molar-refractivity contribution in [3.8, 4) is 0 Å². The highest BCUT2D eigenvalue weighted by Crippen LogP contribution is 2.36. The zero-order chi connectivity index (χ0) is 14.9. The molecule has 1 saturated heterocycles. The van der Waals surface area contributed by atoms with Gasteiger partial charge in [-0.1, -0.05) is 29.4 Å². The third kappa shape index (κ3) is 3.13. The lowest BCUT2D eigenvalue weighted by Gasteiger charge is -2.30. The highest BCUT2D eigenvalue weighted by molar-refractivity contribution is 5.85. The van der Waals surface area contributed by atoms with Gasteiger partial charge < -0.3 is 9.84 Å². The van der Waals surface area contributed by atoms with Crippen molar-refractivity contribution in [1.82, 2.24) is 20.4 Å². The molecule has 0 amide bonds. The van der Waals surface area contributed by atoms with Crippen molar-refractivity contribution in [2.24, 2.45) is 0 Å². The van der Waals surface area contributed by atoms with Crippen molar-refractivity contribution in [3.05, 3.63) is 47.1 Å². The first-order chi connectivity index (χ1) is 10.8. The lowest BCUT2D eigenvalue weighted by molar-refractivity contribution is 0.190. The topological polar surface area (TPSA) is 54.2 Å². The second kappa shape index (κ2) is 6.99. The molecule has 5 nitrogen and oxygen atoms in total. The lowest BCUT2D eigenvalue weighted by Crippen LogP contribution is -2.44. The first-order valence-corrected chi connectivity index (χ1v) is 8.15. The summed E-state index contributed by atoms with van der Waals surface area (Å²) >= 11 is 0. The fourth-order valence-electron chi connectivity index (χ4n) is 3.63. The molecule has 23 heavy (non-hydrogen) atoms. The van der Waals surface area contributed by atoms with Gasteiger partial charge in [0.05, 0.1) is 12.0 Å². The molecule has 0 bridgehead atoms. The number of hydrogen-bond acceptors (Lipinski definition) is 5. The zero-order valence-electron chi connectivity index (χ0n) is 13.4. The van der Waals surface area contributed by atoms with Gasteiger partial charge in [0.1, 0.15) is 0 Å². The minimum atomic E-state index is 0. The van der Waals surface area contributed by atoms with Crippen LogP contribution in [0.1, 0.15) is 47.6 Å². The van der Waals surface area contributed by atoms with Crippen LogP contribution in [0.5, 0.6) is 0 Å². The van der Waals surface area contributed by atoms with E-state index in [2.05, 4.69) is 46.7 Å². The van der Waals surface area contributed by atoms with E-state index >= 15 is 0 Å². The molecule has 1 fully saturated rings. The summed E-state index contributed by atoms with van der Waals surface area (Å²) in [6, 6.07) is 8.86. The number of fused-ring (bicyclic) bond motifs is 1. The maximum atomic E-state index is 5.65. The summed E-state index contributed by atoms with van der Waals surface area (Å²) < 4.78 is 5.65. The summed E-state index contributed by atoms with van der Waals surface area (Å²) in [5.74, 6) is 1.85. The Morgan fingerprint density at radius 3 is 3.04 bits per heavy atom. The number of piperazine rings is 1. The zero-order valence-corrected chi connectivity index (χ0v) is 14.2.